The van der Waals surface area contributed by atoms with Crippen molar-refractivity contribution in [3.05, 3.63) is 30.0 Å². The van der Waals surface area contributed by atoms with Crippen molar-refractivity contribution in [2.75, 3.05) is 18.8 Å². The molecule has 1 atom stereocenters. The van der Waals surface area contributed by atoms with Crippen molar-refractivity contribution in [3.8, 4) is 0 Å². The van der Waals surface area contributed by atoms with Gasteiger partial charge < -0.3 is 11.1 Å². The van der Waals surface area contributed by atoms with Gasteiger partial charge in [-0.3, -0.25) is 0 Å². The molecule has 4 nitrogen and oxygen atoms in total. The smallest absolute Gasteiger partial charge is 0.220 e. The topological polar surface area (TPSA) is 63.8 Å². The molecule has 1 saturated heterocycles. The van der Waals surface area contributed by atoms with E-state index in [0.29, 0.717) is 11.9 Å². The summed E-state index contributed by atoms with van der Waals surface area (Å²) in [5.74, 6) is 1.05. The van der Waals surface area contributed by atoms with Gasteiger partial charge in [0.05, 0.1) is 11.2 Å². The third kappa shape index (κ3) is 2.08. The van der Waals surface area contributed by atoms with Crippen LogP contribution in [0.1, 0.15) is 12.1 Å². The molecule has 1 fully saturated rings. The first-order valence-corrected chi connectivity index (χ1v) is 6.05. The van der Waals surface area contributed by atoms with E-state index >= 15 is 0 Å². The van der Waals surface area contributed by atoms with Gasteiger partial charge in [-0.25, -0.2) is 9.97 Å². The predicted octanol–water partition coefficient (Wildman–Crippen LogP) is 1.36. The second kappa shape index (κ2) is 4.30. The molecule has 0 aliphatic carbocycles. The van der Waals surface area contributed by atoms with Gasteiger partial charge in [-0.1, -0.05) is 18.2 Å². The van der Waals surface area contributed by atoms with Crippen molar-refractivity contribution >= 4 is 16.9 Å². The molecule has 1 aromatic carbocycles. The highest BCUT2D eigenvalue weighted by Crippen LogP contribution is 2.21. The number of rotatable bonds is 2. The molecule has 3 N–H and O–H groups in total. The Morgan fingerprint density at radius 3 is 3.00 bits per heavy atom. The number of fused-ring (bicyclic) bond motifs is 1. The van der Waals surface area contributed by atoms with Crippen LogP contribution in [0, 0.1) is 5.92 Å². The first-order valence-electron chi connectivity index (χ1n) is 6.05. The van der Waals surface area contributed by atoms with E-state index in [2.05, 4.69) is 21.4 Å². The van der Waals surface area contributed by atoms with Gasteiger partial charge >= 0.3 is 0 Å². The van der Waals surface area contributed by atoms with Gasteiger partial charge in [0, 0.05) is 5.39 Å². The zero-order valence-electron chi connectivity index (χ0n) is 9.69. The van der Waals surface area contributed by atoms with E-state index < -0.39 is 0 Å². The van der Waals surface area contributed by atoms with Gasteiger partial charge in [-0.15, -0.1) is 0 Å². The van der Waals surface area contributed by atoms with Gasteiger partial charge in [0.1, 0.15) is 0 Å². The van der Waals surface area contributed by atoms with Crippen molar-refractivity contribution < 1.29 is 0 Å². The Bertz CT molecular complexity index is 532. The summed E-state index contributed by atoms with van der Waals surface area (Å²) in [5, 5.41) is 4.51. The summed E-state index contributed by atoms with van der Waals surface area (Å²) in [6.45, 7) is 2.20. The van der Waals surface area contributed by atoms with Gasteiger partial charge in [0.15, 0.2) is 0 Å². The van der Waals surface area contributed by atoms with Gasteiger partial charge in [-0.2, -0.15) is 0 Å². The van der Waals surface area contributed by atoms with E-state index in [1.807, 2.05) is 18.2 Å². The number of hydrogen-bond donors (Lipinski definition) is 2. The first kappa shape index (κ1) is 10.5. The van der Waals surface area contributed by atoms with Gasteiger partial charge in [-0.05, 0) is 37.9 Å². The number of benzene rings is 1. The number of anilines is 1. The summed E-state index contributed by atoms with van der Waals surface area (Å²) < 4.78 is 0. The largest absolute Gasteiger partial charge is 0.368 e. The number of nitrogens with zero attached hydrogens (tertiary/aromatic N) is 2. The van der Waals surface area contributed by atoms with Crippen molar-refractivity contribution in [2.45, 2.75) is 12.8 Å². The van der Waals surface area contributed by atoms with E-state index in [4.69, 9.17) is 5.73 Å². The molecule has 1 aliphatic heterocycles. The van der Waals surface area contributed by atoms with E-state index in [9.17, 15) is 0 Å². The van der Waals surface area contributed by atoms with Crippen LogP contribution in [0.3, 0.4) is 0 Å². The molecule has 1 aliphatic rings. The maximum Gasteiger partial charge on any atom is 0.220 e. The molecule has 2 heterocycles. The maximum absolute atomic E-state index is 5.76. The van der Waals surface area contributed by atoms with Crippen LogP contribution < -0.4 is 11.1 Å². The Balaban J connectivity index is 2.01. The van der Waals surface area contributed by atoms with Crippen molar-refractivity contribution in [3.63, 3.8) is 0 Å². The van der Waals surface area contributed by atoms with E-state index in [0.717, 1.165) is 36.1 Å². The molecule has 4 heteroatoms. The molecule has 1 unspecified atom stereocenters. The minimum atomic E-state index is 0.379. The fraction of sp³-hybridized carbons (Fsp3) is 0.385. The third-order valence-electron chi connectivity index (χ3n) is 3.34. The van der Waals surface area contributed by atoms with Crippen molar-refractivity contribution in [1.29, 1.82) is 0 Å². The van der Waals surface area contributed by atoms with E-state index in [-0.39, 0.29) is 0 Å². The number of hydrogen-bond acceptors (Lipinski definition) is 4. The van der Waals surface area contributed by atoms with Crippen molar-refractivity contribution in [1.82, 2.24) is 15.3 Å². The van der Waals surface area contributed by atoms with Crippen LogP contribution in [0.5, 0.6) is 0 Å². The molecule has 1 aromatic heterocycles. The van der Waals surface area contributed by atoms with E-state index in [1.165, 1.54) is 6.42 Å². The molecule has 0 bridgehead atoms. The Hall–Kier alpha value is -1.68. The van der Waals surface area contributed by atoms with Gasteiger partial charge in [0.2, 0.25) is 5.95 Å². The van der Waals surface area contributed by atoms with E-state index in [1.54, 1.807) is 0 Å². The summed E-state index contributed by atoms with van der Waals surface area (Å²) in [6, 6.07) is 8.07. The molecular weight excluding hydrogens is 212 g/mol. The number of nitrogen functional groups attached to an aromatic ring is 1. The lowest BCUT2D eigenvalue weighted by Gasteiger charge is -2.10. The summed E-state index contributed by atoms with van der Waals surface area (Å²) in [5.41, 5.74) is 7.79. The highest BCUT2D eigenvalue weighted by Gasteiger charge is 2.17. The molecule has 0 spiro atoms. The second-order valence-electron chi connectivity index (χ2n) is 4.61. The number of nitrogens with one attached hydrogen (secondary N) is 1. The summed E-state index contributed by atoms with van der Waals surface area (Å²) >= 11 is 0. The minimum Gasteiger partial charge on any atom is -0.368 e. The average molecular weight is 228 g/mol. The fourth-order valence-corrected chi connectivity index (χ4v) is 2.48. The van der Waals surface area contributed by atoms with Crippen LogP contribution in [0.2, 0.25) is 0 Å². The summed E-state index contributed by atoms with van der Waals surface area (Å²) in [4.78, 5) is 8.67. The first-order chi connectivity index (χ1) is 8.33. The normalized spacial score (nSPS) is 19.9. The van der Waals surface area contributed by atoms with Gasteiger partial charge in [0.25, 0.3) is 0 Å². The Morgan fingerprint density at radius 2 is 2.18 bits per heavy atom. The Labute approximate surface area is 100 Å². The number of aromatic nitrogens is 2. The molecule has 2 aromatic rings. The van der Waals surface area contributed by atoms with Crippen LogP contribution in [-0.2, 0) is 6.42 Å². The number of nitrogens with two attached hydrogens (primary N) is 1. The Morgan fingerprint density at radius 1 is 1.29 bits per heavy atom. The fourth-order valence-electron chi connectivity index (χ4n) is 2.48. The lowest BCUT2D eigenvalue weighted by molar-refractivity contribution is 0.574. The summed E-state index contributed by atoms with van der Waals surface area (Å²) in [7, 11) is 0. The van der Waals surface area contributed by atoms with Crippen LogP contribution in [0.15, 0.2) is 24.3 Å². The van der Waals surface area contributed by atoms with Crippen LogP contribution >= 0.6 is 0 Å². The molecule has 0 amide bonds. The molecule has 17 heavy (non-hydrogen) atoms. The summed E-state index contributed by atoms with van der Waals surface area (Å²) in [6.07, 6.45) is 2.21. The Kier molecular flexibility index (Phi) is 2.65. The highest BCUT2D eigenvalue weighted by molar-refractivity contribution is 5.81. The van der Waals surface area contributed by atoms with Crippen LogP contribution in [0.25, 0.3) is 10.9 Å². The van der Waals surface area contributed by atoms with Crippen LogP contribution in [0.4, 0.5) is 5.95 Å². The standard InChI is InChI=1S/C13H16N4/c14-13-16-11-4-2-1-3-10(11)12(17-13)7-9-5-6-15-8-9/h1-4,9,15H,5-8H2,(H2,14,16,17). The maximum atomic E-state index is 5.76. The SMILES string of the molecule is Nc1nc(CC2CCNC2)c2ccccc2n1. The zero-order chi connectivity index (χ0) is 11.7. The molecule has 0 saturated carbocycles. The highest BCUT2D eigenvalue weighted by atomic mass is 15.0. The second-order valence-corrected chi connectivity index (χ2v) is 4.61. The molecular formula is C13H16N4. The third-order valence-corrected chi connectivity index (χ3v) is 3.34. The molecule has 88 valence electrons. The van der Waals surface area contributed by atoms with Crippen molar-refractivity contribution in [2.24, 2.45) is 5.92 Å². The lowest BCUT2D eigenvalue weighted by atomic mass is 10.00. The molecule has 0 radical (unpaired) electrons. The minimum absolute atomic E-state index is 0.379. The predicted molar refractivity (Wildman–Crippen MR) is 68.6 cm³/mol. The van der Waals surface area contributed by atoms with Crippen LogP contribution in [-0.4, -0.2) is 23.1 Å². The quantitative estimate of drug-likeness (QED) is 0.814. The monoisotopic (exact) mass is 228 g/mol. The molecule has 3 rings (SSSR count). The average Bonchev–Trinajstić information content (AvgIpc) is 2.81. The zero-order valence-corrected chi connectivity index (χ0v) is 9.69. The number of para-hydroxylation sites is 1. The lowest BCUT2D eigenvalue weighted by Crippen LogP contribution is -2.12.